The summed E-state index contributed by atoms with van der Waals surface area (Å²) in [4.78, 5) is 11.9. The van der Waals surface area contributed by atoms with Crippen molar-refractivity contribution in [1.29, 1.82) is 0 Å². The van der Waals surface area contributed by atoms with Crippen LogP contribution in [0, 0.1) is 5.41 Å². The van der Waals surface area contributed by atoms with E-state index in [1.165, 1.54) is 6.08 Å². The summed E-state index contributed by atoms with van der Waals surface area (Å²) in [6.07, 6.45) is -8.34. The van der Waals surface area contributed by atoms with Gasteiger partial charge in [-0.1, -0.05) is 13.8 Å². The molecule has 2 fully saturated rings. The van der Waals surface area contributed by atoms with Gasteiger partial charge in [0.15, 0.2) is 18.4 Å². The van der Waals surface area contributed by atoms with Gasteiger partial charge in [0.05, 0.1) is 31.5 Å². The van der Waals surface area contributed by atoms with E-state index in [9.17, 15) is 40.5 Å². The second-order valence-electron chi connectivity index (χ2n) is 10.9. The Labute approximate surface area is 210 Å². The Morgan fingerprint density at radius 1 is 1.11 bits per heavy atom. The zero-order valence-electron chi connectivity index (χ0n) is 21.1. The summed E-state index contributed by atoms with van der Waals surface area (Å²) >= 11 is 0. The second-order valence-corrected chi connectivity index (χ2v) is 10.9. The van der Waals surface area contributed by atoms with Crippen LogP contribution in [-0.2, 0) is 23.7 Å². The zero-order chi connectivity index (χ0) is 27.1. The van der Waals surface area contributed by atoms with E-state index in [1.54, 1.807) is 13.8 Å². The lowest BCUT2D eigenvalue weighted by Crippen LogP contribution is -2.60. The minimum absolute atomic E-state index is 0.0393. The lowest BCUT2D eigenvalue weighted by atomic mass is 9.63. The van der Waals surface area contributed by atoms with E-state index in [2.05, 4.69) is 0 Å². The van der Waals surface area contributed by atoms with Crippen LogP contribution in [0.2, 0.25) is 0 Å². The third-order valence-electron chi connectivity index (χ3n) is 7.72. The first-order valence-corrected chi connectivity index (χ1v) is 12.2. The molecule has 0 aromatic rings. The van der Waals surface area contributed by atoms with Gasteiger partial charge < -0.3 is 54.7 Å². The Balaban J connectivity index is 1.58. The Hall–Kier alpha value is -1.03. The number of hydrogen-bond acceptors (Lipinski definition) is 12. The number of carbonyl (C=O) groups is 1. The first-order valence-electron chi connectivity index (χ1n) is 12.2. The fourth-order valence-electron chi connectivity index (χ4n) is 5.06. The number of ether oxygens (including phenoxy) is 4. The molecule has 208 valence electrons. The highest BCUT2D eigenvalue weighted by atomic mass is 16.7. The first-order chi connectivity index (χ1) is 16.6. The molecular formula is C24H40O12. The van der Waals surface area contributed by atoms with Crippen LogP contribution in [0.1, 0.15) is 47.0 Å². The van der Waals surface area contributed by atoms with Gasteiger partial charge in [0, 0.05) is 11.8 Å². The van der Waals surface area contributed by atoms with Crippen molar-refractivity contribution < 1.29 is 59.5 Å². The zero-order valence-corrected chi connectivity index (χ0v) is 21.1. The topological polar surface area (TPSA) is 196 Å². The lowest BCUT2D eigenvalue weighted by molar-refractivity contribution is -0.318. The molecule has 7 N–H and O–H groups in total. The molecule has 3 rings (SSSR count). The van der Waals surface area contributed by atoms with Gasteiger partial charge >= 0.3 is 0 Å². The summed E-state index contributed by atoms with van der Waals surface area (Å²) in [5.41, 5.74) is -3.22. The summed E-state index contributed by atoms with van der Waals surface area (Å²) in [6, 6.07) is 0. The largest absolute Gasteiger partial charge is 0.393 e. The van der Waals surface area contributed by atoms with Crippen LogP contribution < -0.4 is 0 Å². The standard InChI is InChI=1S/C24H40O12/c1-12-7-14(26)8-22(3,4)24(12,32)6-5-13(2)35-20-18(29)17(28)16(27)15(36-20)9-33-21-19(30)23(31,10-25)11-34-21/h7,13,15-21,25,27-32H,5-6,8-11H2,1-4H3. The molecule has 2 aliphatic heterocycles. The van der Waals surface area contributed by atoms with Crippen molar-refractivity contribution in [2.24, 2.45) is 5.41 Å². The van der Waals surface area contributed by atoms with Crippen molar-refractivity contribution >= 4 is 5.78 Å². The summed E-state index contributed by atoms with van der Waals surface area (Å²) in [5, 5.41) is 71.8. The molecule has 0 aromatic heterocycles. The maximum atomic E-state index is 11.9. The van der Waals surface area contributed by atoms with Crippen LogP contribution in [0.3, 0.4) is 0 Å². The molecule has 0 radical (unpaired) electrons. The van der Waals surface area contributed by atoms with Gasteiger partial charge in [0.25, 0.3) is 0 Å². The third-order valence-corrected chi connectivity index (χ3v) is 7.72. The predicted molar refractivity (Wildman–Crippen MR) is 122 cm³/mol. The van der Waals surface area contributed by atoms with E-state index in [-0.39, 0.29) is 31.8 Å². The highest BCUT2D eigenvalue weighted by molar-refractivity contribution is 5.92. The lowest BCUT2D eigenvalue weighted by Gasteiger charge is -2.46. The maximum absolute atomic E-state index is 11.9. The Morgan fingerprint density at radius 2 is 1.78 bits per heavy atom. The van der Waals surface area contributed by atoms with Crippen molar-refractivity contribution in [1.82, 2.24) is 0 Å². The summed E-state index contributed by atoms with van der Waals surface area (Å²) in [5.74, 6) is -0.0393. The van der Waals surface area contributed by atoms with E-state index in [0.717, 1.165) is 0 Å². The molecule has 3 aliphatic rings. The predicted octanol–water partition coefficient (Wildman–Crippen LogP) is -1.89. The van der Waals surface area contributed by atoms with E-state index in [1.807, 2.05) is 13.8 Å². The average molecular weight is 521 g/mol. The molecule has 0 spiro atoms. The highest BCUT2D eigenvalue weighted by Gasteiger charge is 2.51. The quantitative estimate of drug-likeness (QED) is 0.179. The Kier molecular flexibility index (Phi) is 9.01. The smallest absolute Gasteiger partial charge is 0.186 e. The molecule has 12 nitrogen and oxygen atoms in total. The number of rotatable bonds is 9. The summed E-state index contributed by atoms with van der Waals surface area (Å²) < 4.78 is 22.0. The van der Waals surface area contributed by atoms with Gasteiger partial charge in [-0.15, -0.1) is 0 Å². The van der Waals surface area contributed by atoms with Crippen molar-refractivity contribution in [2.45, 2.75) is 107 Å². The summed E-state index contributed by atoms with van der Waals surface area (Å²) in [6.45, 7) is 5.60. The van der Waals surface area contributed by atoms with Crippen LogP contribution in [0.5, 0.6) is 0 Å². The van der Waals surface area contributed by atoms with E-state index in [4.69, 9.17) is 18.9 Å². The van der Waals surface area contributed by atoms with E-state index < -0.39 is 72.4 Å². The normalized spacial score (nSPS) is 43.9. The molecule has 2 saturated heterocycles. The molecular weight excluding hydrogens is 480 g/mol. The van der Waals surface area contributed by atoms with Crippen molar-refractivity contribution in [2.75, 3.05) is 19.8 Å². The molecule has 0 bridgehead atoms. The monoisotopic (exact) mass is 520 g/mol. The van der Waals surface area contributed by atoms with Crippen LogP contribution in [0.4, 0.5) is 0 Å². The van der Waals surface area contributed by atoms with Crippen LogP contribution in [0.25, 0.3) is 0 Å². The molecule has 12 heteroatoms. The fraction of sp³-hybridized carbons (Fsp3) is 0.875. The fourth-order valence-corrected chi connectivity index (χ4v) is 5.06. The number of aliphatic hydroxyl groups excluding tert-OH is 5. The number of carbonyl (C=O) groups excluding carboxylic acids is 1. The molecule has 0 aromatic carbocycles. The molecule has 10 atom stereocenters. The van der Waals surface area contributed by atoms with E-state index >= 15 is 0 Å². The number of hydrogen-bond donors (Lipinski definition) is 7. The first kappa shape index (κ1) is 29.5. The second kappa shape index (κ2) is 11.0. The van der Waals surface area contributed by atoms with Crippen LogP contribution >= 0.6 is 0 Å². The van der Waals surface area contributed by atoms with Gasteiger partial charge in [-0.2, -0.15) is 0 Å². The SMILES string of the molecule is CC1=CC(=O)CC(C)(C)C1(O)CCC(C)OC1OC(COC2OCC(O)(CO)C2O)C(O)C(O)C1O. The van der Waals surface area contributed by atoms with Crippen molar-refractivity contribution in [3.8, 4) is 0 Å². The molecule has 0 saturated carbocycles. The number of allylic oxidation sites excluding steroid dienone is 1. The van der Waals surface area contributed by atoms with Gasteiger partial charge in [-0.05, 0) is 38.3 Å². The van der Waals surface area contributed by atoms with Crippen molar-refractivity contribution in [3.05, 3.63) is 11.6 Å². The minimum Gasteiger partial charge on any atom is -0.393 e. The van der Waals surface area contributed by atoms with Crippen molar-refractivity contribution in [3.63, 3.8) is 0 Å². The number of ketones is 1. The van der Waals surface area contributed by atoms with E-state index in [0.29, 0.717) is 12.0 Å². The van der Waals surface area contributed by atoms with Gasteiger partial charge in [0.2, 0.25) is 0 Å². The molecule has 10 unspecified atom stereocenters. The maximum Gasteiger partial charge on any atom is 0.186 e. The number of aliphatic hydroxyl groups is 7. The molecule has 1 aliphatic carbocycles. The van der Waals surface area contributed by atoms with Crippen LogP contribution in [-0.4, -0.2) is 122 Å². The Bertz CT molecular complexity index is 817. The third kappa shape index (κ3) is 5.69. The van der Waals surface area contributed by atoms with Crippen LogP contribution in [0.15, 0.2) is 11.6 Å². The van der Waals surface area contributed by atoms with Gasteiger partial charge in [-0.25, -0.2) is 0 Å². The average Bonchev–Trinajstić information content (AvgIpc) is 3.09. The molecule has 2 heterocycles. The minimum atomic E-state index is -1.88. The van der Waals surface area contributed by atoms with Gasteiger partial charge in [-0.3, -0.25) is 4.79 Å². The molecule has 0 amide bonds. The van der Waals surface area contributed by atoms with Gasteiger partial charge in [0.1, 0.15) is 36.1 Å². The molecule has 36 heavy (non-hydrogen) atoms. The Morgan fingerprint density at radius 3 is 2.36 bits per heavy atom. The highest BCUT2D eigenvalue weighted by Crippen LogP contribution is 2.46. The summed E-state index contributed by atoms with van der Waals surface area (Å²) in [7, 11) is 0.